The topological polar surface area (TPSA) is 41.1 Å². The van der Waals surface area contributed by atoms with Crippen molar-refractivity contribution < 1.29 is 18.0 Å². The fourth-order valence-corrected chi connectivity index (χ4v) is 2.07. The number of alkyl halides is 3. The van der Waals surface area contributed by atoms with Crippen LogP contribution in [0.3, 0.4) is 0 Å². The quantitative estimate of drug-likeness (QED) is 0.722. The molecule has 2 aromatic carbocycles. The number of hydrogen-bond acceptors (Lipinski definition) is 1. The molecule has 0 heterocycles. The van der Waals surface area contributed by atoms with Gasteiger partial charge < -0.3 is 10.6 Å². The van der Waals surface area contributed by atoms with Crippen LogP contribution >= 0.6 is 23.2 Å². The van der Waals surface area contributed by atoms with Crippen molar-refractivity contribution in [2.45, 2.75) is 6.18 Å². The van der Waals surface area contributed by atoms with Crippen molar-refractivity contribution in [3.63, 3.8) is 0 Å². The summed E-state index contributed by atoms with van der Waals surface area (Å²) in [6, 6.07) is 7.95. The average Bonchev–Trinajstić information content (AvgIpc) is 2.41. The summed E-state index contributed by atoms with van der Waals surface area (Å²) in [6.45, 7) is 0. The number of urea groups is 1. The minimum Gasteiger partial charge on any atom is -0.308 e. The summed E-state index contributed by atoms with van der Waals surface area (Å²) in [4.78, 5) is 11.8. The molecule has 22 heavy (non-hydrogen) atoms. The van der Waals surface area contributed by atoms with Crippen molar-refractivity contribution >= 4 is 40.6 Å². The van der Waals surface area contributed by atoms with Crippen molar-refractivity contribution in [3.8, 4) is 0 Å². The van der Waals surface area contributed by atoms with E-state index < -0.39 is 17.8 Å². The zero-order chi connectivity index (χ0) is 16.3. The summed E-state index contributed by atoms with van der Waals surface area (Å²) >= 11 is 11.6. The Bertz CT molecular complexity index is 687. The molecule has 2 rings (SSSR count). The summed E-state index contributed by atoms with van der Waals surface area (Å²) in [5.41, 5.74) is -0.245. The molecule has 116 valence electrons. The fraction of sp³-hybridized carbons (Fsp3) is 0.0714. The maximum absolute atomic E-state index is 12.4. The lowest BCUT2D eigenvalue weighted by molar-refractivity contribution is -0.137. The molecule has 0 fully saturated rings. The molecule has 3 nitrogen and oxygen atoms in total. The lowest BCUT2D eigenvalue weighted by Gasteiger charge is -2.10. The number of hydrogen-bond donors (Lipinski definition) is 2. The van der Waals surface area contributed by atoms with Crippen LogP contribution in [0, 0.1) is 0 Å². The predicted molar refractivity (Wildman–Crippen MR) is 80.5 cm³/mol. The summed E-state index contributed by atoms with van der Waals surface area (Å²) in [7, 11) is 0. The molecule has 0 aliphatic heterocycles. The van der Waals surface area contributed by atoms with Gasteiger partial charge in [0.1, 0.15) is 0 Å². The molecule has 2 aromatic rings. The smallest absolute Gasteiger partial charge is 0.308 e. The maximum atomic E-state index is 12.4. The summed E-state index contributed by atoms with van der Waals surface area (Å²) in [5, 5.41) is 5.53. The number of amides is 2. The lowest BCUT2D eigenvalue weighted by Crippen LogP contribution is -2.19. The highest BCUT2D eigenvalue weighted by Gasteiger charge is 2.29. The third kappa shape index (κ3) is 4.29. The van der Waals surface area contributed by atoms with Gasteiger partial charge >= 0.3 is 12.2 Å². The molecule has 2 N–H and O–H groups in total. The van der Waals surface area contributed by atoms with E-state index in [9.17, 15) is 18.0 Å². The van der Waals surface area contributed by atoms with E-state index in [1.807, 2.05) is 0 Å². The predicted octanol–water partition coefficient (Wildman–Crippen LogP) is 5.66. The summed E-state index contributed by atoms with van der Waals surface area (Å²) < 4.78 is 37.3. The van der Waals surface area contributed by atoms with Gasteiger partial charge in [0.25, 0.3) is 0 Å². The van der Waals surface area contributed by atoms with Crippen LogP contribution in [0.5, 0.6) is 0 Å². The number of carbonyl (C=O) groups is 1. The van der Waals surface area contributed by atoms with E-state index in [1.54, 1.807) is 6.07 Å². The van der Waals surface area contributed by atoms with Crippen molar-refractivity contribution in [1.82, 2.24) is 0 Å². The third-order valence-electron chi connectivity index (χ3n) is 2.65. The summed E-state index contributed by atoms with van der Waals surface area (Å²) in [5.74, 6) is 0. The molecule has 0 unspecified atom stereocenters. The van der Waals surface area contributed by atoms with E-state index in [0.717, 1.165) is 24.3 Å². The zero-order valence-corrected chi connectivity index (χ0v) is 12.4. The molecule has 0 spiro atoms. The van der Waals surface area contributed by atoms with Gasteiger partial charge in [0.15, 0.2) is 0 Å². The molecule has 0 aliphatic rings. The first-order valence-corrected chi connectivity index (χ1v) is 6.71. The highest BCUT2D eigenvalue weighted by atomic mass is 35.5. The molecule has 0 aliphatic carbocycles. The Morgan fingerprint density at radius 1 is 0.955 bits per heavy atom. The largest absolute Gasteiger partial charge is 0.416 e. The maximum Gasteiger partial charge on any atom is 0.416 e. The number of nitrogens with one attached hydrogen (secondary N) is 2. The molecule has 8 heteroatoms. The van der Waals surface area contributed by atoms with E-state index in [2.05, 4.69) is 10.6 Å². The molecular formula is C14H9Cl2F3N2O. The Balaban J connectivity index is 2.03. The average molecular weight is 349 g/mol. The SMILES string of the molecule is O=C(Nc1ccc(C(F)(F)F)cc1)Nc1ccc(Cl)cc1Cl. The first-order chi connectivity index (χ1) is 10.3. The first-order valence-electron chi connectivity index (χ1n) is 5.96. The van der Waals surface area contributed by atoms with Crippen LogP contribution < -0.4 is 10.6 Å². The Labute approximate surface area is 134 Å². The third-order valence-corrected chi connectivity index (χ3v) is 3.20. The molecule has 0 saturated heterocycles. The number of halogens is 5. The van der Waals surface area contributed by atoms with Gasteiger partial charge in [0.05, 0.1) is 16.3 Å². The fourth-order valence-electron chi connectivity index (χ4n) is 1.62. The molecule has 0 aromatic heterocycles. The lowest BCUT2D eigenvalue weighted by atomic mass is 10.2. The second-order valence-electron chi connectivity index (χ2n) is 4.28. The van der Waals surface area contributed by atoms with Crippen molar-refractivity contribution in [2.24, 2.45) is 0 Å². The number of rotatable bonds is 2. The van der Waals surface area contributed by atoms with Crippen molar-refractivity contribution in [2.75, 3.05) is 10.6 Å². The standard InChI is InChI=1S/C14H9Cl2F3N2O/c15-9-3-6-12(11(16)7-9)21-13(22)20-10-4-1-8(2-5-10)14(17,18)19/h1-7H,(H2,20,21,22). The monoisotopic (exact) mass is 348 g/mol. The van der Waals surface area contributed by atoms with Crippen LogP contribution in [0.4, 0.5) is 29.3 Å². The van der Waals surface area contributed by atoms with Crippen molar-refractivity contribution in [1.29, 1.82) is 0 Å². The Hall–Kier alpha value is -1.92. The van der Waals surface area contributed by atoms with Crippen LogP contribution in [0.1, 0.15) is 5.56 Å². The highest BCUT2D eigenvalue weighted by molar-refractivity contribution is 6.36. The minimum atomic E-state index is -4.42. The van der Waals surface area contributed by atoms with E-state index in [-0.39, 0.29) is 10.7 Å². The highest BCUT2D eigenvalue weighted by Crippen LogP contribution is 2.30. The number of anilines is 2. The summed E-state index contributed by atoms with van der Waals surface area (Å²) in [6.07, 6.45) is -4.42. The van der Waals surface area contributed by atoms with Crippen LogP contribution in [0.25, 0.3) is 0 Å². The first kappa shape index (κ1) is 16.5. The van der Waals surface area contributed by atoms with Gasteiger partial charge in [-0.25, -0.2) is 4.79 Å². The van der Waals surface area contributed by atoms with Gasteiger partial charge in [-0.2, -0.15) is 13.2 Å². The van der Waals surface area contributed by atoms with E-state index >= 15 is 0 Å². The molecule has 2 amide bonds. The second-order valence-corrected chi connectivity index (χ2v) is 5.12. The van der Waals surface area contributed by atoms with Gasteiger partial charge in [-0.15, -0.1) is 0 Å². The number of benzene rings is 2. The number of carbonyl (C=O) groups excluding carboxylic acids is 1. The minimum absolute atomic E-state index is 0.218. The Morgan fingerprint density at radius 3 is 2.14 bits per heavy atom. The molecule has 0 saturated carbocycles. The van der Waals surface area contributed by atoms with Crippen LogP contribution in [-0.4, -0.2) is 6.03 Å². The van der Waals surface area contributed by atoms with Gasteiger partial charge in [-0.3, -0.25) is 0 Å². The molecule has 0 atom stereocenters. The second kappa shape index (κ2) is 6.46. The van der Waals surface area contributed by atoms with E-state index in [1.165, 1.54) is 12.1 Å². The van der Waals surface area contributed by atoms with Gasteiger partial charge in [-0.05, 0) is 42.5 Å². The van der Waals surface area contributed by atoms with Gasteiger partial charge in [0.2, 0.25) is 0 Å². The van der Waals surface area contributed by atoms with Crippen LogP contribution in [-0.2, 0) is 6.18 Å². The molecule has 0 radical (unpaired) electrons. The zero-order valence-electron chi connectivity index (χ0n) is 10.8. The van der Waals surface area contributed by atoms with E-state index in [0.29, 0.717) is 10.7 Å². The normalized spacial score (nSPS) is 11.1. The van der Waals surface area contributed by atoms with Crippen LogP contribution in [0.2, 0.25) is 10.0 Å². The van der Waals surface area contributed by atoms with E-state index in [4.69, 9.17) is 23.2 Å². The molecule has 0 bridgehead atoms. The van der Waals surface area contributed by atoms with Gasteiger partial charge in [-0.1, -0.05) is 23.2 Å². The molecular weight excluding hydrogens is 340 g/mol. The Morgan fingerprint density at radius 2 is 1.59 bits per heavy atom. The Kier molecular flexibility index (Phi) is 4.83. The van der Waals surface area contributed by atoms with Crippen molar-refractivity contribution in [3.05, 3.63) is 58.1 Å². The van der Waals surface area contributed by atoms with Gasteiger partial charge in [0, 0.05) is 10.7 Å². The van der Waals surface area contributed by atoms with Crippen LogP contribution in [0.15, 0.2) is 42.5 Å².